The van der Waals surface area contributed by atoms with Crippen molar-refractivity contribution in [2.45, 2.75) is 33.7 Å². The topological polar surface area (TPSA) is 76.7 Å². The minimum atomic E-state index is -0.373. The van der Waals surface area contributed by atoms with Crippen LogP contribution in [0, 0.1) is 5.92 Å². The number of anilines is 1. The van der Waals surface area contributed by atoms with Crippen LogP contribution in [0.25, 0.3) is 6.08 Å². The van der Waals surface area contributed by atoms with E-state index in [0.29, 0.717) is 40.3 Å². The Hall–Kier alpha value is -2.99. The summed E-state index contributed by atoms with van der Waals surface area (Å²) in [5.41, 5.74) is 1.56. The first-order chi connectivity index (χ1) is 14.7. The molecule has 2 N–H and O–H groups in total. The van der Waals surface area contributed by atoms with Gasteiger partial charge in [-0.2, -0.15) is 0 Å². The number of nitrogens with one attached hydrogen (secondary N) is 2. The van der Waals surface area contributed by atoms with E-state index in [1.54, 1.807) is 37.5 Å². The molecule has 0 saturated carbocycles. The molecule has 2 aromatic rings. The van der Waals surface area contributed by atoms with Gasteiger partial charge in [-0.3, -0.25) is 9.59 Å². The molecule has 0 bridgehead atoms. The molecule has 7 heteroatoms. The Morgan fingerprint density at radius 2 is 1.81 bits per heavy atom. The summed E-state index contributed by atoms with van der Waals surface area (Å²) in [6, 6.07) is 10.2. The van der Waals surface area contributed by atoms with Gasteiger partial charge in [-0.15, -0.1) is 0 Å². The number of carbonyl (C=O) groups is 2. The molecule has 31 heavy (non-hydrogen) atoms. The Bertz CT molecular complexity index is 955. The fourth-order valence-corrected chi connectivity index (χ4v) is 2.78. The van der Waals surface area contributed by atoms with E-state index in [9.17, 15) is 9.59 Å². The Kier molecular flexibility index (Phi) is 8.94. The van der Waals surface area contributed by atoms with Crippen molar-refractivity contribution in [2.75, 3.05) is 19.0 Å². The lowest BCUT2D eigenvalue weighted by Crippen LogP contribution is -2.30. The summed E-state index contributed by atoms with van der Waals surface area (Å²) >= 11 is 6.18. The molecule has 0 aromatic heterocycles. The Morgan fingerprint density at radius 1 is 1.06 bits per heavy atom. The van der Waals surface area contributed by atoms with Crippen LogP contribution in [0.15, 0.2) is 42.5 Å². The molecule has 2 aromatic carbocycles. The van der Waals surface area contributed by atoms with E-state index in [4.69, 9.17) is 21.1 Å². The van der Waals surface area contributed by atoms with Gasteiger partial charge >= 0.3 is 0 Å². The third-order valence-electron chi connectivity index (χ3n) is 4.09. The minimum absolute atomic E-state index is 0.00306. The van der Waals surface area contributed by atoms with Crippen LogP contribution in [-0.2, 0) is 4.79 Å². The fraction of sp³-hybridized carbons (Fsp3) is 0.333. The van der Waals surface area contributed by atoms with E-state index in [-0.39, 0.29) is 17.9 Å². The van der Waals surface area contributed by atoms with E-state index in [1.165, 1.54) is 6.08 Å². The second-order valence-corrected chi connectivity index (χ2v) is 8.17. The Morgan fingerprint density at radius 3 is 2.45 bits per heavy atom. The lowest BCUT2D eigenvalue weighted by Gasteiger charge is -2.13. The lowest BCUT2D eigenvalue weighted by molar-refractivity contribution is -0.111. The highest BCUT2D eigenvalue weighted by Gasteiger charge is 2.11. The van der Waals surface area contributed by atoms with Gasteiger partial charge in [0.05, 0.1) is 24.4 Å². The average molecular weight is 445 g/mol. The van der Waals surface area contributed by atoms with Crippen LogP contribution in [0.3, 0.4) is 0 Å². The number of ether oxygens (including phenoxy) is 2. The SMILES string of the molecule is COc1cc(/C=C/C(=O)Nc2cc(C(=O)NC(C)C)ccc2Cl)ccc1OCC(C)C. The smallest absolute Gasteiger partial charge is 0.251 e. The number of halogens is 1. The van der Waals surface area contributed by atoms with E-state index < -0.39 is 0 Å². The zero-order valence-corrected chi connectivity index (χ0v) is 19.2. The molecule has 0 fully saturated rings. The monoisotopic (exact) mass is 444 g/mol. The van der Waals surface area contributed by atoms with Crippen molar-refractivity contribution in [1.82, 2.24) is 5.32 Å². The molecule has 0 unspecified atom stereocenters. The van der Waals surface area contributed by atoms with Gasteiger partial charge in [-0.1, -0.05) is 31.5 Å². The number of hydrogen-bond acceptors (Lipinski definition) is 4. The number of methoxy groups -OCH3 is 1. The number of amides is 2. The maximum Gasteiger partial charge on any atom is 0.251 e. The summed E-state index contributed by atoms with van der Waals surface area (Å²) < 4.78 is 11.1. The normalized spacial score (nSPS) is 11.1. The maximum atomic E-state index is 12.4. The van der Waals surface area contributed by atoms with E-state index in [1.807, 2.05) is 26.0 Å². The van der Waals surface area contributed by atoms with Crippen LogP contribution in [0.1, 0.15) is 43.6 Å². The summed E-state index contributed by atoms with van der Waals surface area (Å²) in [4.78, 5) is 24.6. The van der Waals surface area contributed by atoms with Crippen LogP contribution in [0.4, 0.5) is 5.69 Å². The summed E-state index contributed by atoms with van der Waals surface area (Å²) in [5, 5.41) is 5.86. The largest absolute Gasteiger partial charge is 0.493 e. The summed E-state index contributed by atoms with van der Waals surface area (Å²) in [7, 11) is 1.57. The first-order valence-corrected chi connectivity index (χ1v) is 10.5. The Labute approximate surface area is 188 Å². The molecule has 0 aliphatic heterocycles. The quantitative estimate of drug-likeness (QED) is 0.523. The molecule has 0 aliphatic carbocycles. The number of carbonyl (C=O) groups excluding carboxylic acids is 2. The molecular formula is C24H29ClN2O4. The molecule has 0 saturated heterocycles. The minimum Gasteiger partial charge on any atom is -0.493 e. The van der Waals surface area contributed by atoms with Crippen LogP contribution >= 0.6 is 11.6 Å². The van der Waals surface area contributed by atoms with E-state index in [2.05, 4.69) is 24.5 Å². The lowest BCUT2D eigenvalue weighted by atomic mass is 10.1. The molecule has 6 nitrogen and oxygen atoms in total. The molecule has 0 atom stereocenters. The van der Waals surface area contributed by atoms with Crippen molar-refractivity contribution in [3.05, 3.63) is 58.6 Å². The van der Waals surface area contributed by atoms with Crippen LogP contribution < -0.4 is 20.1 Å². The van der Waals surface area contributed by atoms with Crippen molar-refractivity contribution in [3.8, 4) is 11.5 Å². The predicted octanol–water partition coefficient (Wildman–Crippen LogP) is 5.17. The van der Waals surface area contributed by atoms with Crippen molar-refractivity contribution in [3.63, 3.8) is 0 Å². The zero-order valence-electron chi connectivity index (χ0n) is 18.5. The average Bonchev–Trinajstić information content (AvgIpc) is 2.71. The predicted molar refractivity (Wildman–Crippen MR) is 125 cm³/mol. The second-order valence-electron chi connectivity index (χ2n) is 7.76. The van der Waals surface area contributed by atoms with Crippen molar-refractivity contribution in [1.29, 1.82) is 0 Å². The van der Waals surface area contributed by atoms with Gasteiger partial charge < -0.3 is 20.1 Å². The van der Waals surface area contributed by atoms with Crippen molar-refractivity contribution in [2.24, 2.45) is 5.92 Å². The summed E-state index contributed by atoms with van der Waals surface area (Å²) in [6.07, 6.45) is 3.05. The Balaban J connectivity index is 2.09. The van der Waals surface area contributed by atoms with E-state index >= 15 is 0 Å². The van der Waals surface area contributed by atoms with Gasteiger partial charge in [-0.05, 0) is 61.7 Å². The van der Waals surface area contributed by atoms with Crippen LogP contribution in [0.5, 0.6) is 11.5 Å². The third kappa shape index (κ3) is 7.64. The first kappa shape index (κ1) is 24.3. The van der Waals surface area contributed by atoms with Crippen LogP contribution in [-0.4, -0.2) is 31.6 Å². The highest BCUT2D eigenvalue weighted by molar-refractivity contribution is 6.34. The molecule has 0 spiro atoms. The number of rotatable bonds is 9. The standard InChI is InChI=1S/C24H29ClN2O4/c1-15(2)14-31-21-10-6-17(12-22(21)30-5)7-11-23(28)27-20-13-18(8-9-19(20)25)24(29)26-16(3)4/h6-13,15-16H,14H2,1-5H3,(H,26,29)(H,27,28)/b11-7+. The van der Waals surface area contributed by atoms with Gasteiger partial charge in [0.15, 0.2) is 11.5 Å². The molecule has 166 valence electrons. The molecular weight excluding hydrogens is 416 g/mol. The van der Waals surface area contributed by atoms with Gasteiger partial charge in [0, 0.05) is 17.7 Å². The fourth-order valence-electron chi connectivity index (χ4n) is 2.62. The molecule has 0 heterocycles. The zero-order chi connectivity index (χ0) is 23.0. The number of benzene rings is 2. The first-order valence-electron chi connectivity index (χ1n) is 10.1. The molecule has 0 aliphatic rings. The summed E-state index contributed by atoms with van der Waals surface area (Å²) in [5.74, 6) is 1.04. The molecule has 2 amide bonds. The van der Waals surface area contributed by atoms with Gasteiger partial charge in [0.1, 0.15) is 0 Å². The van der Waals surface area contributed by atoms with Crippen molar-refractivity contribution >= 4 is 35.2 Å². The maximum absolute atomic E-state index is 12.4. The molecule has 2 rings (SSSR count). The van der Waals surface area contributed by atoms with Crippen LogP contribution in [0.2, 0.25) is 5.02 Å². The summed E-state index contributed by atoms with van der Waals surface area (Å²) in [6.45, 7) is 8.48. The highest BCUT2D eigenvalue weighted by atomic mass is 35.5. The van der Waals surface area contributed by atoms with E-state index in [0.717, 1.165) is 5.56 Å². The van der Waals surface area contributed by atoms with Gasteiger partial charge in [0.2, 0.25) is 5.91 Å². The third-order valence-corrected chi connectivity index (χ3v) is 4.42. The molecule has 0 radical (unpaired) electrons. The van der Waals surface area contributed by atoms with Crippen molar-refractivity contribution < 1.29 is 19.1 Å². The van der Waals surface area contributed by atoms with Gasteiger partial charge in [0.25, 0.3) is 5.91 Å². The number of hydrogen-bond donors (Lipinski definition) is 2. The van der Waals surface area contributed by atoms with Gasteiger partial charge in [-0.25, -0.2) is 0 Å². The highest BCUT2D eigenvalue weighted by Crippen LogP contribution is 2.29. The second kappa shape index (κ2) is 11.4.